The zero-order valence-electron chi connectivity index (χ0n) is 6.02. The number of hydrogen-bond donors (Lipinski definition) is 1. The molecule has 1 aromatic carbocycles. The summed E-state index contributed by atoms with van der Waals surface area (Å²) in [4.78, 5) is 0. The zero-order chi connectivity index (χ0) is 6.69. The smallest absolute Gasteiger partial charge is 0.167 e. The quantitative estimate of drug-likeness (QED) is 0.286. The van der Waals surface area contributed by atoms with E-state index in [1.54, 1.807) is 12.1 Å². The topological polar surface area (TPSA) is 16.6 Å². The molecule has 0 atom stereocenters. The second kappa shape index (κ2) is 7.23. The average molecular weight is 380 g/mol. The molecule has 0 saturated carbocycles. The Balaban J connectivity index is 0. The Morgan fingerprint density at radius 3 is 1.91 bits per heavy atom. The van der Waals surface area contributed by atoms with Gasteiger partial charge in [0.15, 0.2) is 5.69 Å². The fourth-order valence-corrected chi connectivity index (χ4v) is 0.639. The molecule has 0 spiro atoms. The van der Waals surface area contributed by atoms with Crippen LogP contribution in [0.1, 0.15) is 5.56 Å². The first-order valence-electron chi connectivity index (χ1n) is 2.83. The molecule has 0 saturated heterocycles. The van der Waals surface area contributed by atoms with Gasteiger partial charge in [0.1, 0.15) is 0 Å². The fraction of sp³-hybridized carbons (Fsp3) is 0.143. The third-order valence-electron chi connectivity index (χ3n) is 1.20. The number of quaternary nitrogens is 1. The highest BCUT2D eigenvalue weighted by molar-refractivity contribution is 5.30. The maximum Gasteiger partial charge on any atom is 0.167 e. The van der Waals surface area contributed by atoms with Crippen LogP contribution in [-0.2, 0) is 0 Å². The van der Waals surface area contributed by atoms with Crippen molar-refractivity contribution in [1.29, 1.82) is 0 Å². The summed E-state index contributed by atoms with van der Waals surface area (Å²) < 4.78 is 11.7. The van der Waals surface area contributed by atoms with E-state index in [9.17, 15) is 4.48 Å². The summed E-state index contributed by atoms with van der Waals surface area (Å²) in [5.41, 5.74) is 2.38. The molecule has 0 heterocycles. The summed E-state index contributed by atoms with van der Waals surface area (Å²) in [6, 6.07) is 7.25. The molecule has 64 valence electrons. The van der Waals surface area contributed by atoms with Crippen molar-refractivity contribution >= 4 is 5.69 Å². The molecule has 0 aromatic heterocycles. The Morgan fingerprint density at radius 2 is 1.55 bits per heavy atom. The van der Waals surface area contributed by atoms with Crippen LogP contribution >= 0.6 is 0 Å². The summed E-state index contributed by atoms with van der Waals surface area (Å²) >= 11 is 0. The number of hydrogen-bond acceptors (Lipinski definition) is 0. The third kappa shape index (κ3) is 4.91. The Bertz CT molecular complexity index is 188. The van der Waals surface area contributed by atoms with E-state index in [2.05, 4.69) is 0 Å². The minimum absolute atomic E-state index is 0. The first-order valence-corrected chi connectivity index (χ1v) is 2.83. The first-order chi connectivity index (χ1) is 4.33. The van der Waals surface area contributed by atoms with Crippen LogP contribution in [0.25, 0.3) is 0 Å². The monoisotopic (exact) mass is 380 g/mol. The van der Waals surface area contributed by atoms with E-state index in [0.717, 1.165) is 5.56 Å². The molecular formula is C7H9FI2N-. The van der Waals surface area contributed by atoms with Crippen molar-refractivity contribution in [3.05, 3.63) is 29.8 Å². The molecule has 2 N–H and O–H groups in total. The molecule has 1 aromatic rings. The molecule has 0 unspecified atom stereocenters. The Morgan fingerprint density at radius 1 is 1.09 bits per heavy atom. The van der Waals surface area contributed by atoms with Gasteiger partial charge in [0.05, 0.1) is 0 Å². The molecule has 1 rings (SSSR count). The van der Waals surface area contributed by atoms with E-state index in [-0.39, 0.29) is 48.0 Å². The van der Waals surface area contributed by atoms with Crippen molar-refractivity contribution in [1.82, 2.24) is 0 Å². The Hall–Kier alpha value is 0.570. The summed E-state index contributed by atoms with van der Waals surface area (Å²) in [5, 5.41) is 0. The second-order valence-corrected chi connectivity index (χ2v) is 2.02. The highest BCUT2D eigenvalue weighted by atomic mass is 127. The second-order valence-electron chi connectivity index (χ2n) is 2.02. The van der Waals surface area contributed by atoms with Crippen LogP contribution in [0.15, 0.2) is 24.3 Å². The molecular weight excluding hydrogens is 371 g/mol. The minimum atomic E-state index is 0. The first kappa shape index (κ1) is 14.1. The van der Waals surface area contributed by atoms with Crippen LogP contribution in [0, 0.1) is 6.92 Å². The van der Waals surface area contributed by atoms with Gasteiger partial charge in [0.2, 0.25) is 0 Å². The van der Waals surface area contributed by atoms with E-state index in [1.807, 2.05) is 19.1 Å². The van der Waals surface area contributed by atoms with E-state index in [4.69, 9.17) is 0 Å². The maximum absolute atomic E-state index is 11.7. The van der Waals surface area contributed by atoms with Crippen LogP contribution in [0.5, 0.6) is 0 Å². The average Bonchev–Trinajstić information content (AvgIpc) is 1.90. The summed E-state index contributed by atoms with van der Waals surface area (Å²) in [5.74, 6) is 0. The summed E-state index contributed by atoms with van der Waals surface area (Å²) in [6.07, 6.45) is 0. The van der Waals surface area contributed by atoms with Crippen LogP contribution < -0.4 is 53.5 Å². The lowest BCUT2D eigenvalue weighted by Gasteiger charge is -1.89. The van der Waals surface area contributed by atoms with Gasteiger partial charge in [-0.15, -0.1) is 5.54 Å². The lowest BCUT2D eigenvalue weighted by Crippen LogP contribution is -3.00. The van der Waals surface area contributed by atoms with Gasteiger partial charge < -0.3 is 48.0 Å². The fourth-order valence-electron chi connectivity index (χ4n) is 0.639. The van der Waals surface area contributed by atoms with Gasteiger partial charge in [-0.3, -0.25) is 0 Å². The van der Waals surface area contributed by atoms with Crippen molar-refractivity contribution in [2.45, 2.75) is 6.92 Å². The predicted octanol–water partition coefficient (Wildman–Crippen LogP) is -4.92. The van der Waals surface area contributed by atoms with Gasteiger partial charge in [-0.1, -0.05) is 17.7 Å². The van der Waals surface area contributed by atoms with Gasteiger partial charge >= 0.3 is 0 Å². The number of rotatable bonds is 1. The molecule has 1 nitrogen and oxygen atoms in total. The molecule has 4 heteroatoms. The summed E-state index contributed by atoms with van der Waals surface area (Å²) in [6.45, 7) is 1.97. The molecule has 0 aliphatic heterocycles. The molecule has 0 bridgehead atoms. The van der Waals surface area contributed by atoms with Crippen LogP contribution in [0.2, 0.25) is 0 Å². The highest BCUT2D eigenvalue weighted by Gasteiger charge is 1.91. The molecule has 0 aliphatic carbocycles. The van der Waals surface area contributed by atoms with Crippen LogP contribution in [0.3, 0.4) is 0 Å². The van der Waals surface area contributed by atoms with Crippen molar-refractivity contribution < 1.29 is 58.0 Å². The molecule has 0 radical (unpaired) electrons. The van der Waals surface area contributed by atoms with E-state index < -0.39 is 0 Å². The number of aryl methyl sites for hydroxylation is 1. The van der Waals surface area contributed by atoms with Gasteiger partial charge in [-0.25, -0.2) is 0 Å². The van der Waals surface area contributed by atoms with Crippen molar-refractivity contribution in [3.8, 4) is 0 Å². The minimum Gasteiger partial charge on any atom is -1.00 e. The summed E-state index contributed by atoms with van der Waals surface area (Å²) in [7, 11) is 0. The van der Waals surface area contributed by atoms with Gasteiger partial charge in [0, 0.05) is 12.1 Å². The number of nitrogens with two attached hydrogens (primary N) is 1. The molecule has 0 fully saturated rings. The van der Waals surface area contributed by atoms with Gasteiger partial charge in [-0.2, -0.15) is 0 Å². The molecule has 11 heavy (non-hydrogen) atoms. The van der Waals surface area contributed by atoms with E-state index in [0.29, 0.717) is 11.2 Å². The van der Waals surface area contributed by atoms with Crippen molar-refractivity contribution in [3.63, 3.8) is 0 Å². The zero-order valence-corrected chi connectivity index (χ0v) is 10.3. The standard InChI is InChI=1S/C7H8FN.2HI/c1-6-2-4-7(9-8)5-3-6;;/h2-5,9H,1H3;2*1H/p-1. The third-order valence-corrected chi connectivity index (χ3v) is 1.20. The van der Waals surface area contributed by atoms with Crippen LogP contribution in [-0.4, -0.2) is 0 Å². The lowest BCUT2D eigenvalue weighted by molar-refractivity contribution is -0.758. The van der Waals surface area contributed by atoms with Crippen molar-refractivity contribution in [2.75, 3.05) is 0 Å². The molecule has 0 aliphatic rings. The predicted molar refractivity (Wildman–Crippen MR) is 33.9 cm³/mol. The van der Waals surface area contributed by atoms with E-state index in [1.165, 1.54) is 0 Å². The largest absolute Gasteiger partial charge is 1.00 e. The maximum atomic E-state index is 11.7. The van der Waals surface area contributed by atoms with Crippen molar-refractivity contribution in [2.24, 2.45) is 0 Å². The van der Waals surface area contributed by atoms with E-state index >= 15 is 0 Å². The number of benzene rings is 1. The normalized spacial score (nSPS) is 7.82. The number of halogens is 3. The van der Waals surface area contributed by atoms with Gasteiger partial charge in [-0.05, 0) is 11.4 Å². The Kier molecular flexibility index (Phi) is 9.28. The molecule has 0 amide bonds. The Labute approximate surface area is 99.7 Å². The SMILES string of the molecule is Cc1ccc([NH2+]F)cc1.[I-].[I-]. The van der Waals surface area contributed by atoms with Gasteiger partial charge in [0.25, 0.3) is 0 Å². The lowest BCUT2D eigenvalue weighted by atomic mass is 10.2. The van der Waals surface area contributed by atoms with Crippen LogP contribution in [0.4, 0.5) is 10.2 Å². The highest BCUT2D eigenvalue weighted by Crippen LogP contribution is 2.01.